The largest absolute Gasteiger partial charge is 0.378 e. The first kappa shape index (κ1) is 16.6. The van der Waals surface area contributed by atoms with E-state index < -0.39 is 0 Å². The van der Waals surface area contributed by atoms with E-state index in [0.717, 1.165) is 39.1 Å². The third-order valence-corrected chi connectivity index (χ3v) is 4.27. The molecule has 0 amide bonds. The quantitative estimate of drug-likeness (QED) is 0.557. The van der Waals surface area contributed by atoms with E-state index in [0.29, 0.717) is 5.92 Å². The molecule has 122 valence electrons. The zero-order valence-corrected chi connectivity index (χ0v) is 13.6. The smallest absolute Gasteiger partial charge is 0.185 e. The third kappa shape index (κ3) is 4.13. The van der Waals surface area contributed by atoms with Crippen LogP contribution in [0.2, 0.25) is 0 Å². The molecule has 2 rings (SSSR count). The van der Waals surface area contributed by atoms with Gasteiger partial charge in [0.05, 0.1) is 13.2 Å². The van der Waals surface area contributed by atoms with Crippen LogP contribution in [0.1, 0.15) is 38.2 Å². The number of anilines is 1. The second kappa shape index (κ2) is 8.03. The van der Waals surface area contributed by atoms with Crippen LogP contribution in [-0.4, -0.2) is 38.3 Å². The van der Waals surface area contributed by atoms with Crippen molar-refractivity contribution >= 4 is 11.6 Å². The van der Waals surface area contributed by atoms with Gasteiger partial charge >= 0.3 is 0 Å². The zero-order valence-electron chi connectivity index (χ0n) is 13.6. The van der Waals surface area contributed by atoms with Gasteiger partial charge in [0.2, 0.25) is 0 Å². The van der Waals surface area contributed by atoms with E-state index in [4.69, 9.17) is 15.9 Å². The third-order valence-electron chi connectivity index (χ3n) is 4.27. The molecule has 2 atom stereocenters. The Labute approximate surface area is 133 Å². The molecule has 0 aliphatic carbocycles. The van der Waals surface area contributed by atoms with Crippen LogP contribution in [0, 0.1) is 5.41 Å². The minimum absolute atomic E-state index is 0.0393. The SMILES string of the molecule is CCCC(c1ccccc1N1CCOCC1)C(C)NC(=N)N. The highest BCUT2D eigenvalue weighted by atomic mass is 16.5. The Morgan fingerprint density at radius 3 is 2.68 bits per heavy atom. The first-order valence-corrected chi connectivity index (χ1v) is 8.15. The van der Waals surface area contributed by atoms with E-state index in [2.05, 4.69) is 48.3 Å². The number of nitrogens with two attached hydrogens (primary N) is 1. The van der Waals surface area contributed by atoms with E-state index >= 15 is 0 Å². The van der Waals surface area contributed by atoms with Crippen LogP contribution in [0.3, 0.4) is 0 Å². The van der Waals surface area contributed by atoms with Crippen molar-refractivity contribution in [2.24, 2.45) is 5.73 Å². The van der Waals surface area contributed by atoms with Gasteiger partial charge in [-0.25, -0.2) is 0 Å². The lowest BCUT2D eigenvalue weighted by Crippen LogP contribution is -2.42. The van der Waals surface area contributed by atoms with Gasteiger partial charge in [0, 0.05) is 30.7 Å². The summed E-state index contributed by atoms with van der Waals surface area (Å²) in [6.45, 7) is 7.75. The summed E-state index contributed by atoms with van der Waals surface area (Å²) in [4.78, 5) is 2.40. The van der Waals surface area contributed by atoms with Gasteiger partial charge < -0.3 is 20.7 Å². The molecule has 1 aromatic carbocycles. The Bertz CT molecular complexity index is 485. The molecule has 4 N–H and O–H groups in total. The lowest BCUT2D eigenvalue weighted by Gasteiger charge is -2.34. The minimum Gasteiger partial charge on any atom is -0.378 e. The molecule has 1 fully saturated rings. The van der Waals surface area contributed by atoms with Crippen molar-refractivity contribution in [1.29, 1.82) is 5.41 Å². The maximum atomic E-state index is 7.50. The van der Waals surface area contributed by atoms with Crippen LogP contribution in [0.5, 0.6) is 0 Å². The van der Waals surface area contributed by atoms with Gasteiger partial charge in [-0.15, -0.1) is 0 Å². The number of guanidine groups is 1. The number of benzene rings is 1. The fourth-order valence-corrected chi connectivity index (χ4v) is 3.23. The van der Waals surface area contributed by atoms with Crippen molar-refractivity contribution in [1.82, 2.24) is 5.32 Å². The molecule has 1 aromatic rings. The number of nitrogens with one attached hydrogen (secondary N) is 2. The summed E-state index contributed by atoms with van der Waals surface area (Å²) in [6, 6.07) is 8.75. The molecule has 5 nitrogen and oxygen atoms in total. The summed E-state index contributed by atoms with van der Waals surface area (Å²) in [7, 11) is 0. The standard InChI is InChI=1S/C17H28N4O/c1-3-6-14(13(2)20-17(18)19)15-7-4-5-8-16(15)21-9-11-22-12-10-21/h4-5,7-8,13-14H,3,6,9-12H2,1-2H3,(H4,18,19,20). The van der Waals surface area contributed by atoms with Gasteiger partial charge in [-0.1, -0.05) is 31.5 Å². The molecule has 1 aliphatic rings. The molecule has 0 spiro atoms. The monoisotopic (exact) mass is 304 g/mol. The Morgan fingerprint density at radius 1 is 1.36 bits per heavy atom. The Hall–Kier alpha value is -1.75. The molecular formula is C17H28N4O. The van der Waals surface area contributed by atoms with E-state index in [1.807, 2.05) is 0 Å². The predicted octanol–water partition coefficient (Wildman–Crippen LogP) is 2.28. The van der Waals surface area contributed by atoms with Crippen LogP contribution in [0.15, 0.2) is 24.3 Å². The van der Waals surface area contributed by atoms with Gasteiger partial charge in [-0.05, 0) is 25.0 Å². The van der Waals surface area contributed by atoms with Gasteiger partial charge in [0.25, 0.3) is 0 Å². The summed E-state index contributed by atoms with van der Waals surface area (Å²) >= 11 is 0. The summed E-state index contributed by atoms with van der Waals surface area (Å²) in [5, 5.41) is 10.6. The summed E-state index contributed by atoms with van der Waals surface area (Å²) in [5.74, 6) is 0.380. The number of rotatable bonds is 6. The van der Waals surface area contributed by atoms with E-state index in [1.165, 1.54) is 11.3 Å². The molecule has 0 aromatic heterocycles. The van der Waals surface area contributed by atoms with Gasteiger partial charge in [-0.2, -0.15) is 0 Å². The molecule has 0 saturated carbocycles. The second-order valence-electron chi connectivity index (χ2n) is 5.90. The zero-order chi connectivity index (χ0) is 15.9. The number of nitrogens with zero attached hydrogens (tertiary/aromatic N) is 1. The maximum absolute atomic E-state index is 7.50. The van der Waals surface area contributed by atoms with E-state index in [-0.39, 0.29) is 12.0 Å². The molecular weight excluding hydrogens is 276 g/mol. The fourth-order valence-electron chi connectivity index (χ4n) is 3.23. The van der Waals surface area contributed by atoms with E-state index in [9.17, 15) is 0 Å². The molecule has 1 aliphatic heterocycles. The molecule has 1 saturated heterocycles. The maximum Gasteiger partial charge on any atom is 0.185 e. The highest BCUT2D eigenvalue weighted by Gasteiger charge is 2.24. The molecule has 2 unspecified atom stereocenters. The van der Waals surface area contributed by atoms with Gasteiger partial charge in [-0.3, -0.25) is 5.41 Å². The number of ether oxygens (including phenoxy) is 1. The average Bonchev–Trinajstić information content (AvgIpc) is 2.53. The summed E-state index contributed by atoms with van der Waals surface area (Å²) in [5.41, 5.74) is 8.16. The van der Waals surface area contributed by atoms with Crippen LogP contribution >= 0.6 is 0 Å². The second-order valence-corrected chi connectivity index (χ2v) is 5.90. The Balaban J connectivity index is 2.28. The first-order chi connectivity index (χ1) is 10.6. The van der Waals surface area contributed by atoms with Crippen molar-refractivity contribution in [3.05, 3.63) is 29.8 Å². The van der Waals surface area contributed by atoms with Crippen molar-refractivity contribution in [3.63, 3.8) is 0 Å². The van der Waals surface area contributed by atoms with Crippen LogP contribution in [-0.2, 0) is 4.74 Å². The molecule has 5 heteroatoms. The number of para-hydroxylation sites is 1. The topological polar surface area (TPSA) is 74.4 Å². The van der Waals surface area contributed by atoms with Crippen molar-refractivity contribution in [3.8, 4) is 0 Å². The molecule has 0 radical (unpaired) electrons. The van der Waals surface area contributed by atoms with Crippen molar-refractivity contribution < 1.29 is 4.74 Å². The highest BCUT2D eigenvalue weighted by molar-refractivity contribution is 5.74. The number of morpholine rings is 1. The highest BCUT2D eigenvalue weighted by Crippen LogP contribution is 2.33. The number of hydrogen-bond donors (Lipinski definition) is 3. The van der Waals surface area contributed by atoms with Crippen LogP contribution in [0.25, 0.3) is 0 Å². The Morgan fingerprint density at radius 2 is 2.05 bits per heavy atom. The van der Waals surface area contributed by atoms with Crippen LogP contribution in [0.4, 0.5) is 5.69 Å². The lowest BCUT2D eigenvalue weighted by molar-refractivity contribution is 0.122. The summed E-state index contributed by atoms with van der Waals surface area (Å²) < 4.78 is 5.47. The van der Waals surface area contributed by atoms with Crippen molar-refractivity contribution in [2.75, 3.05) is 31.2 Å². The Kier molecular flexibility index (Phi) is 6.07. The first-order valence-electron chi connectivity index (χ1n) is 8.15. The average molecular weight is 304 g/mol. The predicted molar refractivity (Wildman–Crippen MR) is 91.6 cm³/mol. The normalized spacial score (nSPS) is 17.8. The van der Waals surface area contributed by atoms with Gasteiger partial charge in [0.15, 0.2) is 5.96 Å². The summed E-state index contributed by atoms with van der Waals surface area (Å²) in [6.07, 6.45) is 2.18. The lowest BCUT2D eigenvalue weighted by atomic mass is 9.87. The van der Waals surface area contributed by atoms with Crippen molar-refractivity contribution in [2.45, 2.75) is 38.6 Å². The van der Waals surface area contributed by atoms with E-state index in [1.54, 1.807) is 0 Å². The van der Waals surface area contributed by atoms with Gasteiger partial charge in [0.1, 0.15) is 0 Å². The molecule has 1 heterocycles. The molecule has 0 bridgehead atoms. The van der Waals surface area contributed by atoms with Crippen LogP contribution < -0.4 is 16.0 Å². The number of hydrogen-bond acceptors (Lipinski definition) is 3. The fraction of sp³-hybridized carbons (Fsp3) is 0.588. The minimum atomic E-state index is 0.0393. The molecule has 22 heavy (non-hydrogen) atoms.